The van der Waals surface area contributed by atoms with E-state index in [1.165, 1.54) is 18.2 Å². The van der Waals surface area contributed by atoms with Crippen LogP contribution in [0.1, 0.15) is 21.0 Å². The van der Waals surface area contributed by atoms with Crippen molar-refractivity contribution in [2.45, 2.75) is 0 Å². The van der Waals surface area contributed by atoms with Crippen molar-refractivity contribution < 1.29 is 14.7 Å². The summed E-state index contributed by atoms with van der Waals surface area (Å²) in [4.78, 5) is 25.9. The van der Waals surface area contributed by atoms with Crippen molar-refractivity contribution in [2.75, 3.05) is 18.6 Å². The fourth-order valence-electron chi connectivity index (χ4n) is 1.04. The first-order chi connectivity index (χ1) is 7.65. The van der Waals surface area contributed by atoms with Gasteiger partial charge in [0.15, 0.2) is 0 Å². The van der Waals surface area contributed by atoms with Gasteiger partial charge in [-0.05, 0) is 18.4 Å². The van der Waals surface area contributed by atoms with Crippen molar-refractivity contribution in [3.63, 3.8) is 0 Å². The number of nitrogens with one attached hydrogen (secondary N) is 1. The van der Waals surface area contributed by atoms with Crippen LogP contribution < -0.4 is 5.32 Å². The van der Waals surface area contributed by atoms with E-state index < -0.39 is 5.97 Å². The number of pyridine rings is 1. The quantitative estimate of drug-likeness (QED) is 0.747. The Bertz CT molecular complexity index is 395. The number of carbonyl (C=O) groups excluding carboxylic acids is 1. The lowest BCUT2D eigenvalue weighted by Crippen LogP contribution is -2.27. The summed E-state index contributed by atoms with van der Waals surface area (Å²) in [6.45, 7) is 0.541. The monoisotopic (exact) mass is 240 g/mol. The largest absolute Gasteiger partial charge is 0.477 e. The van der Waals surface area contributed by atoms with Crippen LogP contribution in [-0.2, 0) is 0 Å². The first kappa shape index (κ1) is 12.5. The molecule has 0 aliphatic heterocycles. The first-order valence-corrected chi connectivity index (χ1v) is 6.02. The van der Waals surface area contributed by atoms with Crippen molar-refractivity contribution in [3.05, 3.63) is 29.6 Å². The molecule has 0 spiro atoms. The summed E-state index contributed by atoms with van der Waals surface area (Å²) >= 11 is 1.62. The van der Waals surface area contributed by atoms with E-state index in [0.29, 0.717) is 6.54 Å². The average molecular weight is 240 g/mol. The van der Waals surface area contributed by atoms with Gasteiger partial charge in [0.05, 0.1) is 0 Å². The zero-order valence-electron chi connectivity index (χ0n) is 8.77. The molecule has 0 radical (unpaired) electrons. The second kappa shape index (κ2) is 6.12. The lowest BCUT2D eigenvalue weighted by molar-refractivity contribution is 0.0690. The Kier molecular flexibility index (Phi) is 4.78. The van der Waals surface area contributed by atoms with Crippen molar-refractivity contribution >= 4 is 23.6 Å². The van der Waals surface area contributed by atoms with E-state index in [9.17, 15) is 9.59 Å². The summed E-state index contributed by atoms with van der Waals surface area (Å²) in [5.41, 5.74) is -0.00137. The highest BCUT2D eigenvalue weighted by molar-refractivity contribution is 7.98. The molecule has 1 heterocycles. The smallest absolute Gasteiger partial charge is 0.354 e. The number of carboxylic acids is 1. The van der Waals surface area contributed by atoms with Crippen molar-refractivity contribution in [1.29, 1.82) is 0 Å². The van der Waals surface area contributed by atoms with Crippen LogP contribution >= 0.6 is 11.8 Å². The van der Waals surface area contributed by atoms with Crippen LogP contribution in [0.4, 0.5) is 0 Å². The lowest BCUT2D eigenvalue weighted by Gasteiger charge is -2.03. The molecule has 1 amide bonds. The highest BCUT2D eigenvalue weighted by Crippen LogP contribution is 1.99. The molecule has 0 unspecified atom stereocenters. The molecule has 1 aromatic heterocycles. The van der Waals surface area contributed by atoms with E-state index >= 15 is 0 Å². The van der Waals surface area contributed by atoms with Gasteiger partial charge in [-0.25, -0.2) is 9.78 Å². The number of amides is 1. The molecular formula is C10H12N2O3S. The van der Waals surface area contributed by atoms with Crippen LogP contribution in [0.3, 0.4) is 0 Å². The third-order valence-corrected chi connectivity index (χ3v) is 2.40. The van der Waals surface area contributed by atoms with Gasteiger partial charge in [0.2, 0.25) is 0 Å². The molecule has 0 aliphatic rings. The van der Waals surface area contributed by atoms with Gasteiger partial charge in [0, 0.05) is 12.3 Å². The average Bonchev–Trinajstić information content (AvgIpc) is 2.29. The van der Waals surface area contributed by atoms with Crippen LogP contribution in [0.15, 0.2) is 18.2 Å². The SMILES string of the molecule is CSCCNC(=O)c1cccc(C(=O)O)n1. The molecule has 0 bridgehead atoms. The summed E-state index contributed by atoms with van der Waals surface area (Å²) in [6.07, 6.45) is 1.94. The maximum Gasteiger partial charge on any atom is 0.354 e. The number of aromatic carboxylic acids is 1. The maximum absolute atomic E-state index is 11.5. The maximum atomic E-state index is 11.5. The van der Waals surface area contributed by atoms with Crippen LogP contribution in [0.2, 0.25) is 0 Å². The second-order valence-corrected chi connectivity index (χ2v) is 3.95. The zero-order valence-corrected chi connectivity index (χ0v) is 9.58. The van der Waals surface area contributed by atoms with E-state index in [0.717, 1.165) is 5.75 Å². The van der Waals surface area contributed by atoms with E-state index in [1.54, 1.807) is 11.8 Å². The van der Waals surface area contributed by atoms with Crippen LogP contribution in [0.5, 0.6) is 0 Å². The summed E-state index contributed by atoms with van der Waals surface area (Å²) in [5.74, 6) is -0.680. The minimum Gasteiger partial charge on any atom is -0.477 e. The van der Waals surface area contributed by atoms with Gasteiger partial charge < -0.3 is 10.4 Å². The fourth-order valence-corrected chi connectivity index (χ4v) is 1.34. The van der Waals surface area contributed by atoms with Crippen molar-refractivity contribution in [2.24, 2.45) is 0 Å². The minimum absolute atomic E-state index is 0.126. The van der Waals surface area contributed by atoms with Gasteiger partial charge in [0.1, 0.15) is 11.4 Å². The molecule has 0 aromatic carbocycles. The number of carboxylic acid groups (broad SMARTS) is 1. The Balaban J connectivity index is 2.68. The molecule has 0 atom stereocenters. The third kappa shape index (κ3) is 3.54. The number of thioether (sulfide) groups is 1. The molecule has 1 rings (SSSR count). The highest BCUT2D eigenvalue weighted by atomic mass is 32.2. The molecule has 86 valence electrons. The Morgan fingerprint density at radius 3 is 2.75 bits per heavy atom. The summed E-state index contributed by atoms with van der Waals surface area (Å²) in [5, 5.41) is 11.4. The van der Waals surface area contributed by atoms with Gasteiger partial charge in [-0.15, -0.1) is 0 Å². The van der Waals surface area contributed by atoms with E-state index in [2.05, 4.69) is 10.3 Å². The second-order valence-electron chi connectivity index (χ2n) is 2.96. The first-order valence-electron chi connectivity index (χ1n) is 4.62. The fraction of sp³-hybridized carbons (Fsp3) is 0.300. The Hall–Kier alpha value is -1.56. The molecule has 1 aromatic rings. The Labute approximate surface area is 97.3 Å². The summed E-state index contributed by atoms with van der Waals surface area (Å²) in [7, 11) is 0. The molecule has 6 heteroatoms. The molecule has 16 heavy (non-hydrogen) atoms. The van der Waals surface area contributed by atoms with Gasteiger partial charge in [0.25, 0.3) is 5.91 Å². The zero-order chi connectivity index (χ0) is 12.0. The predicted molar refractivity (Wildman–Crippen MR) is 61.9 cm³/mol. The third-order valence-electron chi connectivity index (χ3n) is 1.79. The number of carbonyl (C=O) groups is 2. The van der Waals surface area contributed by atoms with Crippen LogP contribution in [-0.4, -0.2) is 40.5 Å². The molecular weight excluding hydrogens is 228 g/mol. The minimum atomic E-state index is -1.14. The number of aromatic nitrogens is 1. The molecule has 0 saturated heterocycles. The van der Waals surface area contributed by atoms with Gasteiger partial charge in [-0.2, -0.15) is 11.8 Å². The topological polar surface area (TPSA) is 79.3 Å². The molecule has 0 saturated carbocycles. The molecule has 0 fully saturated rings. The van der Waals surface area contributed by atoms with Gasteiger partial charge in [-0.1, -0.05) is 6.07 Å². The van der Waals surface area contributed by atoms with E-state index in [1.807, 2.05) is 6.26 Å². The summed E-state index contributed by atoms with van der Waals surface area (Å²) in [6, 6.07) is 4.34. The Morgan fingerprint density at radius 2 is 2.12 bits per heavy atom. The van der Waals surface area contributed by atoms with Crippen LogP contribution in [0.25, 0.3) is 0 Å². The number of nitrogens with zero attached hydrogens (tertiary/aromatic N) is 1. The van der Waals surface area contributed by atoms with Gasteiger partial charge >= 0.3 is 5.97 Å². The predicted octanol–water partition coefficient (Wildman–Crippen LogP) is 0.873. The van der Waals surface area contributed by atoms with Gasteiger partial charge in [-0.3, -0.25) is 4.79 Å². The summed E-state index contributed by atoms with van der Waals surface area (Å²) < 4.78 is 0. The van der Waals surface area contributed by atoms with E-state index in [4.69, 9.17) is 5.11 Å². The lowest BCUT2D eigenvalue weighted by atomic mass is 10.3. The number of hydrogen-bond donors (Lipinski definition) is 2. The Morgan fingerprint density at radius 1 is 1.44 bits per heavy atom. The number of rotatable bonds is 5. The molecule has 2 N–H and O–H groups in total. The highest BCUT2D eigenvalue weighted by Gasteiger charge is 2.10. The number of hydrogen-bond acceptors (Lipinski definition) is 4. The molecule has 0 aliphatic carbocycles. The normalized spacial score (nSPS) is 9.81. The van der Waals surface area contributed by atoms with Crippen LogP contribution in [0, 0.1) is 0 Å². The van der Waals surface area contributed by atoms with Crippen molar-refractivity contribution in [1.82, 2.24) is 10.3 Å². The van der Waals surface area contributed by atoms with Crippen molar-refractivity contribution in [3.8, 4) is 0 Å². The van der Waals surface area contributed by atoms with E-state index in [-0.39, 0.29) is 17.3 Å². The standard InChI is InChI=1S/C10H12N2O3S/c1-16-6-5-11-9(13)7-3-2-4-8(12-7)10(14)15/h2-4H,5-6H2,1H3,(H,11,13)(H,14,15). The molecule has 5 nitrogen and oxygen atoms in total.